The molecule has 0 unspecified atom stereocenters. The minimum atomic E-state index is -1.24. The van der Waals surface area contributed by atoms with Crippen LogP contribution in [0.25, 0.3) is 0 Å². The van der Waals surface area contributed by atoms with Crippen LogP contribution in [-0.4, -0.2) is 35.2 Å². The number of amides is 1. The Hall–Kier alpha value is -3.09. The molecule has 2 aromatic carbocycles. The largest absolute Gasteiger partial charge is 0.324 e. The topological polar surface area (TPSA) is 62.3 Å². The van der Waals surface area contributed by atoms with E-state index < -0.39 is 11.5 Å². The number of halogens is 2. The van der Waals surface area contributed by atoms with Crippen molar-refractivity contribution in [2.75, 3.05) is 18.9 Å². The Kier molecular flexibility index (Phi) is 4.64. The molecule has 1 amide bonds. The first-order chi connectivity index (χ1) is 14.9. The van der Waals surface area contributed by atoms with Crippen LogP contribution < -0.4 is 5.32 Å². The van der Waals surface area contributed by atoms with Crippen LogP contribution in [0.2, 0.25) is 5.02 Å². The Morgan fingerprint density at radius 1 is 1.19 bits per heavy atom. The van der Waals surface area contributed by atoms with Crippen molar-refractivity contribution >= 4 is 29.0 Å². The first kappa shape index (κ1) is 19.8. The number of aromatic nitrogens is 1. The number of likely N-dealkylation sites (N-methyl/N-ethyl adjacent to an activating group) is 1. The van der Waals surface area contributed by atoms with Gasteiger partial charge in [-0.15, -0.1) is 0 Å². The lowest BCUT2D eigenvalue weighted by Gasteiger charge is -2.35. The highest BCUT2D eigenvalue weighted by Gasteiger charge is 2.64. The second-order valence-corrected chi connectivity index (χ2v) is 8.44. The molecule has 0 saturated carbocycles. The minimum Gasteiger partial charge on any atom is -0.324 e. The molecule has 2 aliphatic rings. The zero-order valence-corrected chi connectivity index (χ0v) is 17.4. The third kappa shape index (κ3) is 2.90. The summed E-state index contributed by atoms with van der Waals surface area (Å²) < 4.78 is 13.6. The van der Waals surface area contributed by atoms with E-state index in [1.54, 1.807) is 54.7 Å². The van der Waals surface area contributed by atoms with Gasteiger partial charge in [0.05, 0.1) is 5.92 Å². The summed E-state index contributed by atoms with van der Waals surface area (Å²) in [5.74, 6) is -1.96. The number of hydrogen-bond acceptors (Lipinski definition) is 4. The molecule has 1 N–H and O–H groups in total. The molecule has 3 aromatic rings. The van der Waals surface area contributed by atoms with Crippen LogP contribution in [0.15, 0.2) is 66.9 Å². The number of pyridine rings is 1. The molecule has 0 bridgehead atoms. The molecule has 7 heteroatoms. The van der Waals surface area contributed by atoms with E-state index in [1.807, 2.05) is 11.9 Å². The Labute approximate surface area is 183 Å². The zero-order valence-electron chi connectivity index (χ0n) is 16.7. The van der Waals surface area contributed by atoms with Gasteiger partial charge in [-0.25, -0.2) is 4.39 Å². The predicted molar refractivity (Wildman–Crippen MR) is 116 cm³/mol. The van der Waals surface area contributed by atoms with E-state index in [-0.39, 0.29) is 29.1 Å². The molecule has 1 saturated heterocycles. The lowest BCUT2D eigenvalue weighted by Crippen LogP contribution is -2.51. The third-order valence-corrected chi connectivity index (χ3v) is 6.64. The molecule has 156 valence electrons. The summed E-state index contributed by atoms with van der Waals surface area (Å²) in [6.45, 7) is 0.439. The fourth-order valence-electron chi connectivity index (χ4n) is 5.09. The van der Waals surface area contributed by atoms with Gasteiger partial charge >= 0.3 is 0 Å². The van der Waals surface area contributed by atoms with Crippen molar-refractivity contribution in [1.82, 2.24) is 9.88 Å². The van der Waals surface area contributed by atoms with Crippen molar-refractivity contribution in [3.8, 4) is 0 Å². The van der Waals surface area contributed by atoms with E-state index in [0.29, 0.717) is 22.8 Å². The van der Waals surface area contributed by atoms with Crippen LogP contribution in [0.1, 0.15) is 27.5 Å². The van der Waals surface area contributed by atoms with Crippen LogP contribution in [-0.2, 0) is 10.3 Å². The summed E-state index contributed by atoms with van der Waals surface area (Å²) in [6.07, 6.45) is 1.56. The van der Waals surface area contributed by atoms with Crippen molar-refractivity contribution < 1.29 is 14.0 Å². The van der Waals surface area contributed by atoms with Crippen molar-refractivity contribution in [3.63, 3.8) is 0 Å². The summed E-state index contributed by atoms with van der Waals surface area (Å²) in [5.41, 5.74) is 1.15. The lowest BCUT2D eigenvalue weighted by atomic mass is 9.71. The molecule has 3 heterocycles. The number of likely N-dealkylation sites (tertiary alicyclic amines) is 1. The molecule has 0 radical (unpaired) electrons. The maximum Gasteiger partial charge on any atom is 0.250 e. The lowest BCUT2D eigenvalue weighted by molar-refractivity contribution is -0.126. The number of Topliss-reactive ketones (excluding diaryl/α,β-unsaturated/α-hetero) is 1. The summed E-state index contributed by atoms with van der Waals surface area (Å²) in [6, 6.07) is 16.5. The molecule has 31 heavy (non-hydrogen) atoms. The van der Waals surface area contributed by atoms with Gasteiger partial charge in [-0.05, 0) is 55.1 Å². The van der Waals surface area contributed by atoms with Crippen molar-refractivity contribution in [2.45, 2.75) is 11.5 Å². The van der Waals surface area contributed by atoms with Gasteiger partial charge in [0.25, 0.3) is 0 Å². The highest BCUT2D eigenvalue weighted by atomic mass is 35.5. The van der Waals surface area contributed by atoms with Crippen LogP contribution in [0, 0.1) is 11.7 Å². The van der Waals surface area contributed by atoms with Gasteiger partial charge in [-0.1, -0.05) is 29.8 Å². The summed E-state index contributed by atoms with van der Waals surface area (Å²) in [5, 5.41) is 3.42. The number of carbonyl (C=O) groups excluding carboxylic acids is 2. The van der Waals surface area contributed by atoms with Crippen LogP contribution in [0.5, 0.6) is 0 Å². The molecular weight excluding hydrogens is 417 g/mol. The molecule has 1 aromatic heterocycles. The third-order valence-electron chi connectivity index (χ3n) is 6.41. The van der Waals surface area contributed by atoms with E-state index in [9.17, 15) is 14.0 Å². The molecule has 2 aliphatic heterocycles. The van der Waals surface area contributed by atoms with Gasteiger partial charge in [0.2, 0.25) is 5.91 Å². The quantitative estimate of drug-likeness (QED) is 0.625. The SMILES string of the molecule is CN1C[C@H](c2ccc(F)cc2)[C@@H](C(=O)c2ccccn2)[C@]12C(=O)Nc1ccc(Cl)cc12. The number of hydrogen-bond donors (Lipinski definition) is 1. The monoisotopic (exact) mass is 435 g/mol. The number of ketones is 1. The van der Waals surface area contributed by atoms with Gasteiger partial charge in [-0.3, -0.25) is 19.5 Å². The summed E-state index contributed by atoms with van der Waals surface area (Å²) >= 11 is 6.30. The average Bonchev–Trinajstić information content (AvgIpc) is 3.24. The fourth-order valence-corrected chi connectivity index (χ4v) is 5.26. The number of fused-ring (bicyclic) bond motifs is 2. The Morgan fingerprint density at radius 3 is 2.68 bits per heavy atom. The van der Waals surface area contributed by atoms with E-state index >= 15 is 0 Å². The number of anilines is 1. The Morgan fingerprint density at radius 2 is 1.97 bits per heavy atom. The number of rotatable bonds is 3. The second kappa shape index (κ2) is 7.25. The highest BCUT2D eigenvalue weighted by molar-refractivity contribution is 6.31. The van der Waals surface area contributed by atoms with Crippen molar-refractivity contribution in [2.24, 2.45) is 5.92 Å². The van der Waals surface area contributed by atoms with E-state index in [2.05, 4.69) is 10.3 Å². The number of nitrogens with zero attached hydrogens (tertiary/aromatic N) is 2. The molecule has 3 atom stereocenters. The molecule has 1 spiro atoms. The van der Waals surface area contributed by atoms with E-state index in [0.717, 1.165) is 5.56 Å². The zero-order chi connectivity index (χ0) is 21.8. The van der Waals surface area contributed by atoms with E-state index in [4.69, 9.17) is 11.6 Å². The van der Waals surface area contributed by atoms with Gasteiger partial charge < -0.3 is 5.32 Å². The minimum absolute atomic E-state index is 0.234. The van der Waals surface area contributed by atoms with Crippen LogP contribution in [0.4, 0.5) is 10.1 Å². The summed E-state index contributed by atoms with van der Waals surface area (Å²) in [4.78, 5) is 33.6. The molecule has 1 fully saturated rings. The van der Waals surface area contributed by atoms with Gasteiger partial charge in [-0.2, -0.15) is 0 Å². The second-order valence-electron chi connectivity index (χ2n) is 8.01. The van der Waals surface area contributed by atoms with Crippen molar-refractivity contribution in [3.05, 3.63) is 94.5 Å². The molecule has 0 aliphatic carbocycles. The summed E-state index contributed by atoms with van der Waals surface area (Å²) in [7, 11) is 1.83. The number of benzene rings is 2. The molecule has 5 nitrogen and oxygen atoms in total. The van der Waals surface area contributed by atoms with Gasteiger partial charge in [0.1, 0.15) is 17.1 Å². The molecular formula is C24H19ClFN3O2. The smallest absolute Gasteiger partial charge is 0.250 e. The average molecular weight is 436 g/mol. The van der Waals surface area contributed by atoms with Crippen LogP contribution >= 0.6 is 11.6 Å². The van der Waals surface area contributed by atoms with Crippen LogP contribution in [0.3, 0.4) is 0 Å². The number of nitrogens with one attached hydrogen (secondary N) is 1. The normalized spacial score (nSPS) is 24.9. The number of carbonyl (C=O) groups is 2. The standard InChI is InChI=1S/C24H19ClFN3O2/c1-29-13-17(14-5-8-16(26)9-6-14)21(22(30)20-4-2-3-11-27-20)24(29)18-12-15(25)7-10-19(18)28-23(24)31/h2-12,17,21H,13H2,1H3,(H,28,31)/t17-,21+,24-/m1/s1. The maximum atomic E-state index is 13.9. The highest BCUT2D eigenvalue weighted by Crippen LogP contribution is 2.55. The fraction of sp³-hybridized carbons (Fsp3) is 0.208. The maximum absolute atomic E-state index is 13.9. The van der Waals surface area contributed by atoms with Gasteiger partial charge in [0.15, 0.2) is 5.78 Å². The van der Waals surface area contributed by atoms with E-state index in [1.165, 1.54) is 12.1 Å². The Balaban J connectivity index is 1.74. The first-order valence-corrected chi connectivity index (χ1v) is 10.3. The van der Waals surface area contributed by atoms with Gasteiger partial charge in [0, 0.05) is 34.9 Å². The van der Waals surface area contributed by atoms with Crippen molar-refractivity contribution in [1.29, 1.82) is 0 Å². The first-order valence-electron chi connectivity index (χ1n) is 9.96. The predicted octanol–water partition coefficient (Wildman–Crippen LogP) is 4.25. The molecule has 5 rings (SSSR count). The Bertz CT molecular complexity index is 1190.